The van der Waals surface area contributed by atoms with Crippen LogP contribution in [0.5, 0.6) is 0 Å². The van der Waals surface area contributed by atoms with Gasteiger partial charge in [0, 0.05) is 0 Å². The standard InChI is InChI=1S/C32H31Cl6NO8/c33-31(34,35)20-45-30(40)44-19-24-25(41-16-21-10-4-1-5-11-21)26(42-17-22-12-6-2-7-13-22)27(43-18-23-14-8-3-9-15-23)28(46-24)47-29(39)32(36,37)38/h1-15,24-28,39H,16-20H2/t24-,25-,26+,27-,28?/m1/s1. The first-order chi connectivity index (χ1) is 22.4. The number of carbonyl (C=O) groups is 1. The second-order valence-electron chi connectivity index (χ2n) is 10.2. The summed E-state index contributed by atoms with van der Waals surface area (Å²) in [6.45, 7) is -0.600. The molecule has 1 fully saturated rings. The van der Waals surface area contributed by atoms with Crippen LogP contribution in [0.25, 0.3) is 0 Å². The molecule has 1 N–H and O–H groups in total. The Balaban J connectivity index is 1.67. The summed E-state index contributed by atoms with van der Waals surface area (Å²) in [5, 5.41) is 8.29. The molecule has 9 nitrogen and oxygen atoms in total. The Kier molecular flexibility index (Phi) is 14.6. The number of alkyl halides is 6. The zero-order valence-electron chi connectivity index (χ0n) is 24.6. The molecule has 4 rings (SSSR count). The van der Waals surface area contributed by atoms with Crippen LogP contribution in [0.15, 0.2) is 91.0 Å². The zero-order valence-corrected chi connectivity index (χ0v) is 29.2. The maximum atomic E-state index is 12.4. The molecule has 47 heavy (non-hydrogen) atoms. The molecule has 0 bridgehead atoms. The average Bonchev–Trinajstić information content (AvgIpc) is 3.04. The summed E-state index contributed by atoms with van der Waals surface area (Å²) in [6.07, 6.45) is -6.48. The van der Waals surface area contributed by atoms with Crippen molar-refractivity contribution in [3.05, 3.63) is 108 Å². The number of hydrogen-bond donors (Lipinski definition) is 1. The van der Waals surface area contributed by atoms with Gasteiger partial charge in [-0.1, -0.05) is 161 Å². The monoisotopic (exact) mass is 767 g/mol. The molecule has 1 aliphatic rings. The van der Waals surface area contributed by atoms with E-state index < -0.39 is 63.6 Å². The molecule has 15 heteroatoms. The minimum absolute atomic E-state index is 0.108. The molecule has 5 atom stereocenters. The van der Waals surface area contributed by atoms with E-state index in [2.05, 4.69) is 0 Å². The highest BCUT2D eigenvalue weighted by Crippen LogP contribution is 2.35. The van der Waals surface area contributed by atoms with E-state index in [1.54, 1.807) is 0 Å². The smallest absolute Gasteiger partial charge is 0.445 e. The fraction of sp³-hybridized carbons (Fsp3) is 0.375. The lowest BCUT2D eigenvalue weighted by Crippen LogP contribution is -2.62. The van der Waals surface area contributed by atoms with Crippen LogP contribution < -0.4 is 0 Å². The Morgan fingerprint density at radius 2 is 1.11 bits per heavy atom. The quantitative estimate of drug-likeness (QED) is 0.0801. The SMILES string of the molecule is N=C(OC1O[C@H](COC(=O)OCC(Cl)(Cl)Cl)[C@@H](OCc2ccccc2)[C@H](OCc2ccccc2)[C@H]1OCc1ccccc1)C(Cl)(Cl)Cl. The molecule has 3 aromatic carbocycles. The van der Waals surface area contributed by atoms with Gasteiger partial charge < -0.3 is 33.2 Å². The van der Waals surface area contributed by atoms with Crippen LogP contribution in [-0.2, 0) is 53.0 Å². The second kappa shape index (κ2) is 18.1. The molecule has 0 spiro atoms. The van der Waals surface area contributed by atoms with Crippen molar-refractivity contribution in [1.82, 2.24) is 0 Å². The maximum Gasteiger partial charge on any atom is 0.508 e. The first-order valence-corrected chi connectivity index (χ1v) is 16.5. The van der Waals surface area contributed by atoms with Crippen LogP contribution in [0, 0.1) is 5.41 Å². The predicted octanol–water partition coefficient (Wildman–Crippen LogP) is 8.35. The molecular weight excluding hydrogens is 739 g/mol. The third-order valence-electron chi connectivity index (χ3n) is 6.66. The van der Waals surface area contributed by atoms with E-state index in [0.717, 1.165) is 16.7 Å². The van der Waals surface area contributed by atoms with E-state index in [1.807, 2.05) is 91.0 Å². The van der Waals surface area contributed by atoms with Crippen molar-refractivity contribution < 1.29 is 38.0 Å². The molecule has 254 valence electrons. The Morgan fingerprint density at radius 3 is 1.55 bits per heavy atom. The number of rotatable bonds is 13. The molecule has 1 aliphatic heterocycles. The van der Waals surface area contributed by atoms with Crippen LogP contribution in [0.1, 0.15) is 16.7 Å². The van der Waals surface area contributed by atoms with E-state index in [9.17, 15) is 4.79 Å². The molecule has 3 aromatic rings. The molecule has 0 saturated carbocycles. The highest BCUT2D eigenvalue weighted by atomic mass is 35.6. The fourth-order valence-corrected chi connectivity index (χ4v) is 4.79. The van der Waals surface area contributed by atoms with Crippen molar-refractivity contribution in [2.24, 2.45) is 0 Å². The summed E-state index contributed by atoms with van der Waals surface area (Å²) >= 11 is 35.0. The second-order valence-corrected chi connectivity index (χ2v) is 15.0. The van der Waals surface area contributed by atoms with E-state index in [1.165, 1.54) is 0 Å². The van der Waals surface area contributed by atoms with Gasteiger partial charge in [-0.25, -0.2) is 4.79 Å². The van der Waals surface area contributed by atoms with Gasteiger partial charge in [-0.15, -0.1) is 0 Å². The van der Waals surface area contributed by atoms with Gasteiger partial charge in [-0.05, 0) is 16.7 Å². The third-order valence-corrected chi connectivity index (χ3v) is 7.50. The lowest BCUT2D eigenvalue weighted by atomic mass is 9.97. The number of carbonyl (C=O) groups excluding carboxylic acids is 1. The molecule has 1 heterocycles. The minimum atomic E-state index is -2.22. The summed E-state index contributed by atoms with van der Waals surface area (Å²) in [5.74, 6) is -0.729. The van der Waals surface area contributed by atoms with Crippen molar-refractivity contribution in [3.8, 4) is 0 Å². The lowest BCUT2D eigenvalue weighted by molar-refractivity contribution is -0.311. The van der Waals surface area contributed by atoms with Crippen molar-refractivity contribution in [2.45, 2.75) is 58.1 Å². The van der Waals surface area contributed by atoms with Crippen molar-refractivity contribution in [1.29, 1.82) is 5.41 Å². The van der Waals surface area contributed by atoms with Gasteiger partial charge in [-0.2, -0.15) is 0 Å². The van der Waals surface area contributed by atoms with Crippen LogP contribution in [0.4, 0.5) is 4.79 Å². The van der Waals surface area contributed by atoms with Crippen LogP contribution >= 0.6 is 69.6 Å². The Labute approximate surface area is 302 Å². The molecule has 0 aliphatic carbocycles. The number of ether oxygens (including phenoxy) is 7. The molecular formula is C32H31Cl6NO8. The Morgan fingerprint density at radius 1 is 0.660 bits per heavy atom. The highest BCUT2D eigenvalue weighted by Gasteiger charge is 2.51. The van der Waals surface area contributed by atoms with Gasteiger partial charge in [0.1, 0.15) is 37.6 Å². The number of hydrogen-bond acceptors (Lipinski definition) is 9. The van der Waals surface area contributed by atoms with E-state index in [0.29, 0.717) is 0 Å². The van der Waals surface area contributed by atoms with Crippen LogP contribution in [-0.4, -0.2) is 63.6 Å². The zero-order chi connectivity index (χ0) is 33.9. The van der Waals surface area contributed by atoms with Gasteiger partial charge in [0.05, 0.1) is 19.8 Å². The number of halogens is 6. The topological polar surface area (TPSA) is 106 Å². The third kappa shape index (κ3) is 12.7. The van der Waals surface area contributed by atoms with E-state index >= 15 is 0 Å². The Hall–Kier alpha value is -2.02. The van der Waals surface area contributed by atoms with Crippen LogP contribution in [0.2, 0.25) is 0 Å². The van der Waals surface area contributed by atoms with Crippen molar-refractivity contribution >= 4 is 81.7 Å². The normalized spacial score (nSPS) is 21.5. The van der Waals surface area contributed by atoms with Gasteiger partial charge in [0.25, 0.3) is 3.79 Å². The predicted molar refractivity (Wildman–Crippen MR) is 180 cm³/mol. The summed E-state index contributed by atoms with van der Waals surface area (Å²) in [4.78, 5) is 12.4. The highest BCUT2D eigenvalue weighted by molar-refractivity contribution is 6.76. The Bertz CT molecular complexity index is 1400. The summed E-state index contributed by atoms with van der Waals surface area (Å²) in [7, 11) is 0. The van der Waals surface area contributed by atoms with Gasteiger partial charge >= 0.3 is 6.16 Å². The first kappa shape index (κ1) is 37.8. The van der Waals surface area contributed by atoms with Crippen molar-refractivity contribution in [3.63, 3.8) is 0 Å². The molecule has 0 aromatic heterocycles. The molecule has 1 saturated heterocycles. The fourth-order valence-electron chi connectivity index (χ4n) is 4.49. The number of nitrogens with one attached hydrogen (secondary N) is 1. The van der Waals surface area contributed by atoms with Gasteiger partial charge in [0.2, 0.25) is 16.0 Å². The van der Waals surface area contributed by atoms with E-state index in [4.69, 9.17) is 108 Å². The molecule has 0 radical (unpaired) electrons. The summed E-state index contributed by atoms with van der Waals surface area (Å²) in [5.41, 5.74) is 2.56. The van der Waals surface area contributed by atoms with Gasteiger partial charge in [0.15, 0.2) is 0 Å². The van der Waals surface area contributed by atoms with E-state index in [-0.39, 0.29) is 19.8 Å². The average molecular weight is 770 g/mol. The molecule has 0 amide bonds. The minimum Gasteiger partial charge on any atom is -0.445 e. The summed E-state index contributed by atoms with van der Waals surface area (Å²) < 4.78 is 37.5. The number of benzene rings is 3. The van der Waals surface area contributed by atoms with Gasteiger partial charge in [-0.3, -0.25) is 5.41 Å². The molecule has 1 unspecified atom stereocenters. The maximum absolute atomic E-state index is 12.4. The van der Waals surface area contributed by atoms with Crippen molar-refractivity contribution in [2.75, 3.05) is 13.2 Å². The largest absolute Gasteiger partial charge is 0.508 e. The first-order valence-electron chi connectivity index (χ1n) is 14.2. The lowest BCUT2D eigenvalue weighted by Gasteiger charge is -2.45. The summed E-state index contributed by atoms with van der Waals surface area (Å²) in [6, 6.07) is 28.2. The van der Waals surface area contributed by atoms with Crippen LogP contribution in [0.3, 0.4) is 0 Å².